The Balaban J connectivity index is 1.42. The monoisotopic (exact) mass is 356 g/mol. The van der Waals surface area contributed by atoms with Crippen molar-refractivity contribution in [2.24, 2.45) is 5.92 Å². The Labute approximate surface area is 154 Å². The standard InChI is InChI=1S/C19H28N6O/c1-26-13-14-5-4-10-25(12-14)19-20-9-8-17(22-19)21-18-11-16(23-24-18)15-6-2-3-7-15/h8-9,11,14-15H,2-7,10,12-13H2,1H3,(H2,20,21,22,23,24)/t14-/m1/s1. The normalized spacial score (nSPS) is 21.3. The van der Waals surface area contributed by atoms with E-state index in [1.807, 2.05) is 12.3 Å². The quantitative estimate of drug-likeness (QED) is 0.825. The number of nitrogens with zero attached hydrogens (tertiary/aromatic N) is 4. The number of anilines is 3. The minimum absolute atomic E-state index is 0.550. The van der Waals surface area contributed by atoms with Gasteiger partial charge in [-0.05, 0) is 37.7 Å². The lowest BCUT2D eigenvalue weighted by molar-refractivity contribution is 0.143. The Morgan fingerprint density at radius 2 is 2.12 bits per heavy atom. The molecule has 4 rings (SSSR count). The number of piperidine rings is 1. The molecule has 2 aromatic heterocycles. The van der Waals surface area contributed by atoms with Crippen molar-refractivity contribution in [2.45, 2.75) is 44.4 Å². The van der Waals surface area contributed by atoms with Gasteiger partial charge >= 0.3 is 0 Å². The highest BCUT2D eigenvalue weighted by molar-refractivity contribution is 5.53. The lowest BCUT2D eigenvalue weighted by Crippen LogP contribution is -2.38. The first-order chi connectivity index (χ1) is 12.8. The molecule has 0 spiro atoms. The average molecular weight is 356 g/mol. The number of rotatable bonds is 6. The van der Waals surface area contributed by atoms with Crippen LogP contribution >= 0.6 is 0 Å². The van der Waals surface area contributed by atoms with Gasteiger partial charge in [0.1, 0.15) is 5.82 Å². The topological polar surface area (TPSA) is 79.0 Å². The molecule has 1 aliphatic heterocycles. The fourth-order valence-electron chi connectivity index (χ4n) is 4.17. The number of hydrogen-bond acceptors (Lipinski definition) is 6. The first-order valence-electron chi connectivity index (χ1n) is 9.71. The summed E-state index contributed by atoms with van der Waals surface area (Å²) in [6.07, 6.45) is 9.34. The van der Waals surface area contributed by atoms with Gasteiger partial charge in [0.05, 0.1) is 6.61 Å². The maximum atomic E-state index is 5.32. The third-order valence-corrected chi connectivity index (χ3v) is 5.50. The fraction of sp³-hybridized carbons (Fsp3) is 0.632. The van der Waals surface area contributed by atoms with E-state index in [0.717, 1.165) is 43.7 Å². The number of H-pyrrole nitrogens is 1. The third-order valence-electron chi connectivity index (χ3n) is 5.50. The molecule has 7 heteroatoms. The molecule has 1 saturated heterocycles. The summed E-state index contributed by atoms with van der Waals surface area (Å²) in [5.41, 5.74) is 1.23. The minimum atomic E-state index is 0.550. The molecule has 2 aromatic rings. The molecule has 2 N–H and O–H groups in total. The average Bonchev–Trinajstić information content (AvgIpc) is 3.34. The van der Waals surface area contributed by atoms with Crippen molar-refractivity contribution in [3.63, 3.8) is 0 Å². The summed E-state index contributed by atoms with van der Waals surface area (Å²) in [4.78, 5) is 11.4. The van der Waals surface area contributed by atoms with Crippen LogP contribution in [0.15, 0.2) is 18.3 Å². The van der Waals surface area contributed by atoms with E-state index in [9.17, 15) is 0 Å². The maximum absolute atomic E-state index is 5.32. The van der Waals surface area contributed by atoms with E-state index in [1.54, 1.807) is 7.11 Å². The van der Waals surface area contributed by atoms with Crippen molar-refractivity contribution in [1.29, 1.82) is 0 Å². The summed E-state index contributed by atoms with van der Waals surface area (Å²) in [5.74, 6) is 3.57. The van der Waals surface area contributed by atoms with Gasteiger partial charge in [0.2, 0.25) is 5.95 Å². The molecule has 0 unspecified atom stereocenters. The zero-order chi connectivity index (χ0) is 17.8. The van der Waals surface area contributed by atoms with Crippen molar-refractivity contribution in [3.8, 4) is 0 Å². The number of aromatic nitrogens is 4. The highest BCUT2D eigenvalue weighted by Gasteiger charge is 2.22. The molecule has 1 aliphatic carbocycles. The van der Waals surface area contributed by atoms with Gasteiger partial charge in [-0.2, -0.15) is 10.1 Å². The second kappa shape index (κ2) is 8.03. The van der Waals surface area contributed by atoms with Crippen molar-refractivity contribution in [1.82, 2.24) is 20.2 Å². The van der Waals surface area contributed by atoms with Gasteiger partial charge < -0.3 is 15.0 Å². The molecule has 0 radical (unpaired) electrons. The SMILES string of the molecule is COC[C@@H]1CCCN(c2nccc(Nc3cc(C4CCCC4)[nH]n3)n2)C1. The Kier molecular flexibility index (Phi) is 5.34. The van der Waals surface area contributed by atoms with E-state index in [1.165, 1.54) is 37.8 Å². The molecular weight excluding hydrogens is 328 g/mol. The van der Waals surface area contributed by atoms with Gasteiger partial charge in [-0.25, -0.2) is 4.98 Å². The third kappa shape index (κ3) is 3.98. The second-order valence-corrected chi connectivity index (χ2v) is 7.47. The second-order valence-electron chi connectivity index (χ2n) is 7.47. The summed E-state index contributed by atoms with van der Waals surface area (Å²) < 4.78 is 5.32. The first-order valence-corrected chi connectivity index (χ1v) is 9.71. The highest BCUT2D eigenvalue weighted by Crippen LogP contribution is 2.34. The Morgan fingerprint density at radius 3 is 2.96 bits per heavy atom. The van der Waals surface area contributed by atoms with Crippen molar-refractivity contribution >= 4 is 17.6 Å². The summed E-state index contributed by atoms with van der Waals surface area (Å²) in [5, 5.41) is 10.9. The van der Waals surface area contributed by atoms with Gasteiger partial charge in [-0.3, -0.25) is 5.10 Å². The molecule has 2 fully saturated rings. The highest BCUT2D eigenvalue weighted by atomic mass is 16.5. The van der Waals surface area contributed by atoms with Crippen LogP contribution in [0.3, 0.4) is 0 Å². The van der Waals surface area contributed by atoms with E-state index < -0.39 is 0 Å². The fourth-order valence-corrected chi connectivity index (χ4v) is 4.17. The Hall–Kier alpha value is -2.15. The number of methoxy groups -OCH3 is 1. The van der Waals surface area contributed by atoms with Crippen LogP contribution in [0.1, 0.15) is 50.1 Å². The lowest BCUT2D eigenvalue weighted by atomic mass is 9.99. The smallest absolute Gasteiger partial charge is 0.227 e. The van der Waals surface area contributed by atoms with Crippen LogP contribution in [-0.2, 0) is 4.74 Å². The number of hydrogen-bond donors (Lipinski definition) is 2. The zero-order valence-corrected chi connectivity index (χ0v) is 15.4. The molecule has 3 heterocycles. The van der Waals surface area contributed by atoms with Crippen LogP contribution in [0.25, 0.3) is 0 Å². The molecule has 140 valence electrons. The van der Waals surface area contributed by atoms with Crippen LogP contribution in [0.2, 0.25) is 0 Å². The van der Waals surface area contributed by atoms with E-state index in [4.69, 9.17) is 9.72 Å². The Morgan fingerprint density at radius 1 is 1.23 bits per heavy atom. The number of ether oxygens (including phenoxy) is 1. The van der Waals surface area contributed by atoms with Crippen LogP contribution in [-0.4, -0.2) is 47.0 Å². The first kappa shape index (κ1) is 17.3. The largest absolute Gasteiger partial charge is 0.384 e. The molecule has 0 aromatic carbocycles. The van der Waals surface area contributed by atoms with Crippen molar-refractivity contribution in [2.75, 3.05) is 37.0 Å². The molecule has 0 bridgehead atoms. The van der Waals surface area contributed by atoms with Crippen LogP contribution in [0, 0.1) is 5.92 Å². The van der Waals surface area contributed by atoms with Gasteiger partial charge in [0, 0.05) is 44.1 Å². The molecule has 0 amide bonds. The van der Waals surface area contributed by atoms with E-state index in [0.29, 0.717) is 11.8 Å². The molecule has 26 heavy (non-hydrogen) atoms. The lowest BCUT2D eigenvalue weighted by Gasteiger charge is -2.32. The zero-order valence-electron chi connectivity index (χ0n) is 15.4. The Bertz CT molecular complexity index is 710. The minimum Gasteiger partial charge on any atom is -0.384 e. The van der Waals surface area contributed by atoms with Crippen molar-refractivity contribution < 1.29 is 4.74 Å². The van der Waals surface area contributed by atoms with Crippen molar-refractivity contribution in [3.05, 3.63) is 24.0 Å². The predicted octanol–water partition coefficient (Wildman–Crippen LogP) is 3.46. The molecule has 2 aliphatic rings. The molecular formula is C19H28N6O. The number of aromatic amines is 1. The molecule has 7 nitrogen and oxygen atoms in total. The number of nitrogens with one attached hydrogen (secondary N) is 2. The van der Waals surface area contributed by atoms with E-state index in [2.05, 4.69) is 31.5 Å². The predicted molar refractivity (Wildman–Crippen MR) is 102 cm³/mol. The van der Waals surface area contributed by atoms with Gasteiger partial charge in [-0.15, -0.1) is 0 Å². The maximum Gasteiger partial charge on any atom is 0.227 e. The van der Waals surface area contributed by atoms with Gasteiger partial charge in [0.15, 0.2) is 5.82 Å². The molecule has 1 atom stereocenters. The van der Waals surface area contributed by atoms with Gasteiger partial charge in [0.25, 0.3) is 0 Å². The summed E-state index contributed by atoms with van der Waals surface area (Å²) in [7, 11) is 1.77. The summed E-state index contributed by atoms with van der Waals surface area (Å²) in [6, 6.07) is 4.01. The van der Waals surface area contributed by atoms with Crippen LogP contribution < -0.4 is 10.2 Å². The van der Waals surface area contributed by atoms with E-state index in [-0.39, 0.29) is 0 Å². The van der Waals surface area contributed by atoms with Crippen LogP contribution in [0.4, 0.5) is 17.6 Å². The van der Waals surface area contributed by atoms with Crippen LogP contribution in [0.5, 0.6) is 0 Å². The summed E-state index contributed by atoms with van der Waals surface area (Å²) >= 11 is 0. The van der Waals surface area contributed by atoms with E-state index >= 15 is 0 Å². The summed E-state index contributed by atoms with van der Waals surface area (Å²) in [6.45, 7) is 2.75. The molecule has 1 saturated carbocycles. The van der Waals surface area contributed by atoms with Gasteiger partial charge in [-0.1, -0.05) is 12.8 Å².